The highest BCUT2D eigenvalue weighted by molar-refractivity contribution is 4.94. The van der Waals surface area contributed by atoms with Gasteiger partial charge >= 0.3 is 0 Å². The second-order valence-corrected chi connectivity index (χ2v) is 5.68. The van der Waals surface area contributed by atoms with Gasteiger partial charge in [-0.15, -0.1) is 0 Å². The molecule has 0 heterocycles. The Kier molecular flexibility index (Phi) is 5.84. The monoisotopic (exact) mass is 222 g/mol. The molecule has 92 valence electrons. The number of hydrogen-bond acceptors (Lipinski definition) is 2. The van der Waals surface area contributed by atoms with E-state index >= 15 is 0 Å². The van der Waals surface area contributed by atoms with Crippen LogP contribution in [0.2, 0.25) is 0 Å². The zero-order chi connectivity index (χ0) is 12.0. The van der Waals surface area contributed by atoms with E-state index < -0.39 is 0 Å². The molecule has 2 heteroatoms. The molecule has 0 amide bonds. The van der Waals surface area contributed by atoms with Crippen LogP contribution in [-0.2, 0) is 0 Å². The van der Waals surface area contributed by atoms with Crippen molar-refractivity contribution in [1.82, 2.24) is 5.32 Å². The van der Waals surface area contributed by atoms with Crippen LogP contribution in [0.5, 0.6) is 0 Å². The molecule has 0 aromatic heterocycles. The van der Waals surface area contributed by atoms with Crippen molar-refractivity contribution in [2.75, 3.05) is 0 Å². The molecular weight excluding hydrogens is 196 g/mol. The van der Waals surface area contributed by atoms with Gasteiger partial charge in [-0.3, -0.25) is 0 Å². The smallest absolute Gasteiger partial charge is 0.0672 e. The van der Waals surface area contributed by atoms with Crippen LogP contribution >= 0.6 is 0 Å². The Bertz CT molecular complexity index is 229. The Morgan fingerprint density at radius 1 is 1.19 bits per heavy atom. The van der Waals surface area contributed by atoms with Gasteiger partial charge in [-0.2, -0.15) is 5.26 Å². The van der Waals surface area contributed by atoms with Gasteiger partial charge in [0.2, 0.25) is 0 Å². The lowest BCUT2D eigenvalue weighted by Gasteiger charge is -2.26. The van der Waals surface area contributed by atoms with Crippen molar-refractivity contribution in [3.63, 3.8) is 0 Å². The van der Waals surface area contributed by atoms with Crippen LogP contribution in [0.25, 0.3) is 0 Å². The van der Waals surface area contributed by atoms with Gasteiger partial charge in [-0.1, -0.05) is 33.1 Å². The highest BCUT2D eigenvalue weighted by Crippen LogP contribution is 2.23. The van der Waals surface area contributed by atoms with Crippen molar-refractivity contribution in [3.8, 4) is 6.07 Å². The molecule has 2 nitrogen and oxygen atoms in total. The van der Waals surface area contributed by atoms with Crippen molar-refractivity contribution in [2.24, 2.45) is 11.8 Å². The fourth-order valence-electron chi connectivity index (χ4n) is 2.80. The third-order valence-corrected chi connectivity index (χ3v) is 3.51. The molecule has 0 aliphatic heterocycles. The summed E-state index contributed by atoms with van der Waals surface area (Å²) < 4.78 is 0. The Morgan fingerprint density at radius 3 is 2.50 bits per heavy atom. The molecular formula is C14H26N2. The Morgan fingerprint density at radius 2 is 1.88 bits per heavy atom. The lowest BCUT2D eigenvalue weighted by Crippen LogP contribution is -2.41. The van der Waals surface area contributed by atoms with Crippen molar-refractivity contribution >= 4 is 0 Å². The molecule has 1 N–H and O–H groups in total. The lowest BCUT2D eigenvalue weighted by molar-refractivity contribution is 0.330. The summed E-state index contributed by atoms with van der Waals surface area (Å²) in [5, 5.41) is 12.9. The van der Waals surface area contributed by atoms with Gasteiger partial charge in [-0.05, 0) is 32.1 Å². The third-order valence-electron chi connectivity index (χ3n) is 3.51. The largest absolute Gasteiger partial charge is 0.310 e. The molecule has 0 bridgehead atoms. The maximum atomic E-state index is 9.19. The molecule has 16 heavy (non-hydrogen) atoms. The third kappa shape index (κ3) is 4.53. The maximum absolute atomic E-state index is 9.19. The van der Waals surface area contributed by atoms with Crippen molar-refractivity contribution < 1.29 is 0 Å². The molecule has 0 spiro atoms. The van der Waals surface area contributed by atoms with E-state index in [1.807, 2.05) is 0 Å². The average Bonchev–Trinajstić information content (AvgIpc) is 2.41. The molecule has 1 saturated carbocycles. The van der Waals surface area contributed by atoms with E-state index in [-0.39, 0.29) is 5.92 Å². The van der Waals surface area contributed by atoms with Gasteiger partial charge in [-0.25, -0.2) is 0 Å². The van der Waals surface area contributed by atoms with Crippen LogP contribution in [-0.4, -0.2) is 12.1 Å². The van der Waals surface area contributed by atoms with E-state index in [1.165, 1.54) is 32.1 Å². The standard InChI is InChI=1S/C14H26N2/c1-11(2)9-12(3)16-14-8-6-4-5-7-13(14)10-15/h11-14,16H,4-9H2,1-3H3. The number of nitriles is 1. The van der Waals surface area contributed by atoms with Crippen molar-refractivity contribution in [3.05, 3.63) is 0 Å². The molecule has 0 radical (unpaired) electrons. The highest BCUT2D eigenvalue weighted by atomic mass is 14.9. The van der Waals surface area contributed by atoms with Crippen molar-refractivity contribution in [2.45, 2.75) is 71.4 Å². The zero-order valence-electron chi connectivity index (χ0n) is 11.0. The number of nitrogens with zero attached hydrogens (tertiary/aromatic N) is 1. The summed E-state index contributed by atoms with van der Waals surface area (Å²) in [6, 6.07) is 3.46. The summed E-state index contributed by atoms with van der Waals surface area (Å²) in [5.74, 6) is 0.964. The number of hydrogen-bond donors (Lipinski definition) is 1. The summed E-state index contributed by atoms with van der Waals surface area (Å²) in [6.07, 6.45) is 7.28. The van der Waals surface area contributed by atoms with Crippen LogP contribution < -0.4 is 5.32 Å². The number of nitrogens with one attached hydrogen (secondary N) is 1. The molecule has 0 aromatic carbocycles. The van der Waals surface area contributed by atoms with E-state index in [1.54, 1.807) is 0 Å². The van der Waals surface area contributed by atoms with Gasteiger partial charge in [0.15, 0.2) is 0 Å². The van der Waals surface area contributed by atoms with Gasteiger partial charge in [0.05, 0.1) is 12.0 Å². The fourth-order valence-corrected chi connectivity index (χ4v) is 2.80. The van der Waals surface area contributed by atoms with Gasteiger partial charge in [0, 0.05) is 12.1 Å². The molecule has 1 rings (SSSR count). The molecule has 3 unspecified atom stereocenters. The Labute approximate surface area is 100 Å². The SMILES string of the molecule is CC(C)CC(C)NC1CCCCCC1C#N. The van der Waals surface area contributed by atoms with Gasteiger partial charge < -0.3 is 5.32 Å². The van der Waals surface area contributed by atoms with Gasteiger partial charge in [0.1, 0.15) is 0 Å². The minimum Gasteiger partial charge on any atom is -0.310 e. The first kappa shape index (κ1) is 13.5. The van der Waals surface area contributed by atoms with Crippen LogP contribution in [0.3, 0.4) is 0 Å². The van der Waals surface area contributed by atoms with E-state index in [0.29, 0.717) is 12.1 Å². The summed E-state index contributed by atoms with van der Waals surface area (Å²) >= 11 is 0. The predicted octanol–water partition coefficient (Wildman–Crippen LogP) is 3.48. The second-order valence-electron chi connectivity index (χ2n) is 5.68. The van der Waals surface area contributed by atoms with Crippen LogP contribution in [0.1, 0.15) is 59.3 Å². The minimum atomic E-state index is 0.233. The second kappa shape index (κ2) is 6.91. The molecule has 1 fully saturated rings. The van der Waals surface area contributed by atoms with E-state index in [4.69, 9.17) is 0 Å². The number of rotatable bonds is 4. The lowest BCUT2D eigenvalue weighted by atomic mass is 9.94. The zero-order valence-corrected chi connectivity index (χ0v) is 11.0. The normalized spacial score (nSPS) is 28.4. The summed E-state index contributed by atoms with van der Waals surface area (Å²) in [6.45, 7) is 6.76. The van der Waals surface area contributed by atoms with Crippen LogP contribution in [0, 0.1) is 23.2 Å². The molecule has 1 aliphatic carbocycles. The summed E-state index contributed by atoms with van der Waals surface area (Å²) in [5.41, 5.74) is 0. The summed E-state index contributed by atoms with van der Waals surface area (Å²) in [7, 11) is 0. The topological polar surface area (TPSA) is 35.8 Å². The van der Waals surface area contributed by atoms with E-state index in [0.717, 1.165) is 12.3 Å². The van der Waals surface area contributed by atoms with Crippen molar-refractivity contribution in [1.29, 1.82) is 5.26 Å². The molecule has 0 saturated heterocycles. The summed E-state index contributed by atoms with van der Waals surface area (Å²) in [4.78, 5) is 0. The fraction of sp³-hybridized carbons (Fsp3) is 0.929. The highest BCUT2D eigenvalue weighted by Gasteiger charge is 2.24. The van der Waals surface area contributed by atoms with E-state index in [2.05, 4.69) is 32.2 Å². The maximum Gasteiger partial charge on any atom is 0.0672 e. The minimum absolute atomic E-state index is 0.233. The Balaban J connectivity index is 2.45. The van der Waals surface area contributed by atoms with Gasteiger partial charge in [0.25, 0.3) is 0 Å². The average molecular weight is 222 g/mol. The first-order valence-corrected chi connectivity index (χ1v) is 6.79. The quantitative estimate of drug-likeness (QED) is 0.739. The van der Waals surface area contributed by atoms with E-state index in [9.17, 15) is 5.26 Å². The molecule has 1 aliphatic rings. The first-order valence-electron chi connectivity index (χ1n) is 6.79. The van der Waals surface area contributed by atoms with Crippen LogP contribution in [0.15, 0.2) is 0 Å². The van der Waals surface area contributed by atoms with Crippen LogP contribution in [0.4, 0.5) is 0 Å². The Hall–Kier alpha value is -0.550. The first-order chi connectivity index (χ1) is 7.63. The molecule has 0 aromatic rings. The molecule has 3 atom stereocenters. The predicted molar refractivity (Wildman–Crippen MR) is 68.0 cm³/mol.